The van der Waals surface area contributed by atoms with E-state index in [-0.39, 0.29) is 12.7 Å². The third kappa shape index (κ3) is 3.81. The molecular formula is C20H21N3O4. The lowest BCUT2D eigenvalue weighted by Gasteiger charge is -2.15. The molecule has 1 amide bonds. The molecule has 7 nitrogen and oxygen atoms in total. The maximum Gasteiger partial charge on any atom is 0.260 e. The second-order valence-corrected chi connectivity index (χ2v) is 6.35. The van der Waals surface area contributed by atoms with Gasteiger partial charge in [0.15, 0.2) is 17.6 Å². The lowest BCUT2D eigenvalue weighted by Crippen LogP contribution is -2.37. The van der Waals surface area contributed by atoms with Gasteiger partial charge in [0.05, 0.1) is 11.7 Å². The highest BCUT2D eigenvalue weighted by molar-refractivity contribution is 5.80. The Morgan fingerprint density at radius 3 is 3.04 bits per heavy atom. The standard InChI is InChI=1S/C20H21N3O4/c1-14(27-16-7-8-18-19(11-16)26-13-25-18)20(24)21-9-4-10-23-17-6-3-2-5-15(17)12-22-23/h2-3,5-8,11-12,14H,4,9-10,13H2,1H3,(H,21,24)/t14-/m0/s1. The zero-order valence-corrected chi connectivity index (χ0v) is 15.1. The van der Waals surface area contributed by atoms with Gasteiger partial charge in [-0.2, -0.15) is 5.10 Å². The predicted octanol–water partition coefficient (Wildman–Crippen LogP) is 2.74. The first-order chi connectivity index (χ1) is 13.2. The second-order valence-electron chi connectivity index (χ2n) is 6.35. The largest absolute Gasteiger partial charge is 0.481 e. The van der Waals surface area contributed by atoms with Crippen molar-refractivity contribution in [1.82, 2.24) is 15.1 Å². The first kappa shape index (κ1) is 17.2. The fourth-order valence-corrected chi connectivity index (χ4v) is 3.00. The van der Waals surface area contributed by atoms with E-state index in [2.05, 4.69) is 10.4 Å². The lowest BCUT2D eigenvalue weighted by atomic mass is 10.2. The van der Waals surface area contributed by atoms with E-state index in [1.807, 2.05) is 35.1 Å². The van der Waals surface area contributed by atoms with Crippen molar-refractivity contribution in [2.45, 2.75) is 26.0 Å². The van der Waals surface area contributed by atoms with Crippen LogP contribution in [0.2, 0.25) is 0 Å². The highest BCUT2D eigenvalue weighted by Gasteiger charge is 2.18. The van der Waals surface area contributed by atoms with Crippen LogP contribution < -0.4 is 19.5 Å². The molecule has 1 aliphatic rings. The number of carbonyl (C=O) groups excluding carboxylic acids is 1. The van der Waals surface area contributed by atoms with E-state index in [9.17, 15) is 4.79 Å². The van der Waals surface area contributed by atoms with Crippen LogP contribution in [-0.2, 0) is 11.3 Å². The average molecular weight is 367 g/mol. The second kappa shape index (κ2) is 7.57. The van der Waals surface area contributed by atoms with Gasteiger partial charge in [0.25, 0.3) is 5.91 Å². The first-order valence-corrected chi connectivity index (χ1v) is 8.95. The molecule has 2 aromatic carbocycles. The predicted molar refractivity (Wildman–Crippen MR) is 100 cm³/mol. The third-order valence-corrected chi connectivity index (χ3v) is 4.42. The molecule has 0 fully saturated rings. The zero-order chi connectivity index (χ0) is 18.6. The summed E-state index contributed by atoms with van der Waals surface area (Å²) in [5, 5.41) is 8.41. The molecule has 0 spiro atoms. The van der Waals surface area contributed by atoms with Crippen LogP contribution in [0.4, 0.5) is 0 Å². The fourth-order valence-electron chi connectivity index (χ4n) is 3.00. The molecule has 1 aliphatic heterocycles. The number of benzene rings is 2. The molecule has 27 heavy (non-hydrogen) atoms. The van der Waals surface area contributed by atoms with Crippen molar-refractivity contribution >= 4 is 16.8 Å². The molecule has 0 unspecified atom stereocenters. The zero-order valence-electron chi connectivity index (χ0n) is 15.1. The van der Waals surface area contributed by atoms with Gasteiger partial charge >= 0.3 is 0 Å². The summed E-state index contributed by atoms with van der Waals surface area (Å²) < 4.78 is 18.2. The summed E-state index contributed by atoms with van der Waals surface area (Å²) in [5.74, 6) is 1.74. The van der Waals surface area contributed by atoms with Gasteiger partial charge in [0, 0.05) is 24.5 Å². The molecule has 7 heteroatoms. The molecular weight excluding hydrogens is 346 g/mol. The van der Waals surface area contributed by atoms with Crippen molar-refractivity contribution < 1.29 is 19.0 Å². The summed E-state index contributed by atoms with van der Waals surface area (Å²) in [7, 11) is 0. The summed E-state index contributed by atoms with van der Waals surface area (Å²) in [5.41, 5.74) is 1.10. The number of aromatic nitrogens is 2. The number of para-hydroxylation sites is 1. The fraction of sp³-hybridized carbons (Fsp3) is 0.300. The molecule has 1 aromatic heterocycles. The molecule has 140 valence electrons. The Bertz CT molecular complexity index is 953. The van der Waals surface area contributed by atoms with Crippen molar-refractivity contribution in [2.24, 2.45) is 0 Å². The maximum absolute atomic E-state index is 12.2. The van der Waals surface area contributed by atoms with E-state index in [1.165, 1.54) is 0 Å². The van der Waals surface area contributed by atoms with Gasteiger partial charge in [-0.05, 0) is 31.5 Å². The molecule has 1 atom stereocenters. The van der Waals surface area contributed by atoms with E-state index in [4.69, 9.17) is 14.2 Å². The highest BCUT2D eigenvalue weighted by atomic mass is 16.7. The van der Waals surface area contributed by atoms with Crippen LogP contribution in [0.3, 0.4) is 0 Å². The van der Waals surface area contributed by atoms with Crippen molar-refractivity contribution in [3.63, 3.8) is 0 Å². The number of hydrogen-bond acceptors (Lipinski definition) is 5. The molecule has 0 saturated carbocycles. The van der Waals surface area contributed by atoms with Crippen LogP contribution in [0.5, 0.6) is 17.2 Å². The average Bonchev–Trinajstić information content (AvgIpc) is 3.31. The van der Waals surface area contributed by atoms with Crippen LogP contribution in [0.15, 0.2) is 48.7 Å². The number of hydrogen-bond donors (Lipinski definition) is 1. The van der Waals surface area contributed by atoms with E-state index < -0.39 is 6.10 Å². The van der Waals surface area contributed by atoms with E-state index in [1.54, 1.807) is 25.1 Å². The molecule has 2 heterocycles. The van der Waals surface area contributed by atoms with Gasteiger partial charge in [-0.15, -0.1) is 0 Å². The van der Waals surface area contributed by atoms with Gasteiger partial charge in [-0.1, -0.05) is 18.2 Å². The highest BCUT2D eigenvalue weighted by Crippen LogP contribution is 2.35. The molecule has 0 radical (unpaired) electrons. The quantitative estimate of drug-likeness (QED) is 0.650. The van der Waals surface area contributed by atoms with Crippen LogP contribution in [-0.4, -0.2) is 35.1 Å². The smallest absolute Gasteiger partial charge is 0.260 e. The van der Waals surface area contributed by atoms with E-state index in [0.29, 0.717) is 23.8 Å². The number of nitrogens with zero attached hydrogens (tertiary/aromatic N) is 2. The number of amides is 1. The summed E-state index contributed by atoms with van der Waals surface area (Å²) in [6, 6.07) is 13.3. The first-order valence-electron chi connectivity index (χ1n) is 8.95. The minimum atomic E-state index is -0.601. The monoisotopic (exact) mass is 367 g/mol. The normalized spacial score (nSPS) is 13.5. The van der Waals surface area contributed by atoms with Gasteiger partial charge in [0.1, 0.15) is 5.75 Å². The lowest BCUT2D eigenvalue weighted by molar-refractivity contribution is -0.127. The summed E-state index contributed by atoms with van der Waals surface area (Å²) in [4.78, 5) is 12.2. The number of aryl methyl sites for hydroxylation is 1. The molecule has 0 bridgehead atoms. The number of rotatable bonds is 7. The molecule has 4 rings (SSSR count). The Morgan fingerprint density at radius 2 is 2.11 bits per heavy atom. The van der Waals surface area contributed by atoms with E-state index >= 15 is 0 Å². The Balaban J connectivity index is 1.24. The minimum Gasteiger partial charge on any atom is -0.481 e. The Kier molecular flexibility index (Phi) is 4.82. The number of fused-ring (bicyclic) bond motifs is 2. The number of ether oxygens (including phenoxy) is 3. The van der Waals surface area contributed by atoms with Crippen molar-refractivity contribution in [1.29, 1.82) is 0 Å². The molecule has 0 saturated heterocycles. The van der Waals surface area contributed by atoms with Crippen molar-refractivity contribution in [3.05, 3.63) is 48.7 Å². The molecule has 1 N–H and O–H groups in total. The molecule has 0 aliphatic carbocycles. The van der Waals surface area contributed by atoms with E-state index in [0.717, 1.165) is 23.9 Å². The van der Waals surface area contributed by atoms with Gasteiger partial charge in [0.2, 0.25) is 6.79 Å². The van der Waals surface area contributed by atoms with Crippen LogP contribution in [0, 0.1) is 0 Å². The van der Waals surface area contributed by atoms with Crippen LogP contribution in [0.25, 0.3) is 10.9 Å². The van der Waals surface area contributed by atoms with Crippen LogP contribution >= 0.6 is 0 Å². The SMILES string of the molecule is C[C@H](Oc1ccc2c(c1)OCO2)C(=O)NCCCn1ncc2ccccc21. The van der Waals surface area contributed by atoms with Gasteiger partial charge in [-0.3, -0.25) is 9.48 Å². The Hall–Kier alpha value is -3.22. The maximum atomic E-state index is 12.2. The van der Waals surface area contributed by atoms with Gasteiger partial charge < -0.3 is 19.5 Å². The van der Waals surface area contributed by atoms with Crippen LogP contribution in [0.1, 0.15) is 13.3 Å². The third-order valence-electron chi connectivity index (χ3n) is 4.42. The van der Waals surface area contributed by atoms with Crippen molar-refractivity contribution in [3.8, 4) is 17.2 Å². The Labute approximate surface area is 156 Å². The van der Waals surface area contributed by atoms with Crippen molar-refractivity contribution in [2.75, 3.05) is 13.3 Å². The van der Waals surface area contributed by atoms with Gasteiger partial charge in [-0.25, -0.2) is 0 Å². The topological polar surface area (TPSA) is 74.6 Å². The number of carbonyl (C=O) groups is 1. The molecule has 3 aromatic rings. The minimum absolute atomic E-state index is 0.155. The summed E-state index contributed by atoms with van der Waals surface area (Å²) >= 11 is 0. The summed E-state index contributed by atoms with van der Waals surface area (Å²) in [6.07, 6.45) is 2.04. The Morgan fingerprint density at radius 1 is 1.26 bits per heavy atom. The number of nitrogens with one attached hydrogen (secondary N) is 1. The summed E-state index contributed by atoms with van der Waals surface area (Å²) in [6.45, 7) is 3.23.